The van der Waals surface area contributed by atoms with Crippen LogP contribution in [-0.2, 0) is 37.7 Å². The molecule has 7 nitrogen and oxygen atoms in total. The van der Waals surface area contributed by atoms with Gasteiger partial charge in [0.25, 0.3) is 0 Å². The molecular weight excluding hydrogens is 380 g/mol. The van der Waals surface area contributed by atoms with Gasteiger partial charge in [0.15, 0.2) is 0 Å². The van der Waals surface area contributed by atoms with Crippen LogP contribution in [-0.4, -0.2) is 41.8 Å². The Balaban J connectivity index is 5.21. The fraction of sp³-hybridized carbons (Fsp3) is 1.00. The van der Waals surface area contributed by atoms with Gasteiger partial charge >= 0.3 is 160 Å². The molecule has 0 aromatic carbocycles. The molecule has 152 valence electrons. The molecule has 0 saturated carbocycles. The van der Waals surface area contributed by atoms with E-state index < -0.39 is 32.8 Å². The topological polar surface area (TPSA) is 86.6 Å². The molecule has 0 aliphatic heterocycles. The van der Waals surface area contributed by atoms with Crippen LogP contribution in [0, 0.1) is 0 Å². The van der Waals surface area contributed by atoms with Crippen LogP contribution in [0.4, 0.5) is 0 Å². The zero-order valence-electron chi connectivity index (χ0n) is 16.8. The summed E-state index contributed by atoms with van der Waals surface area (Å²) in [4.78, 5) is 0. The van der Waals surface area contributed by atoms with Gasteiger partial charge < -0.3 is 0 Å². The van der Waals surface area contributed by atoms with Crippen LogP contribution in [0.1, 0.15) is 80.1 Å². The third-order valence-corrected chi connectivity index (χ3v) is 9.00. The Morgan fingerprint density at radius 3 is 1.40 bits per heavy atom. The van der Waals surface area contributed by atoms with Gasteiger partial charge in [0.1, 0.15) is 0 Å². The first-order valence-electron chi connectivity index (χ1n) is 9.36. The minimum absolute atomic E-state index is 0.384. The number of hydrogen-bond donors (Lipinski definition) is 2. The first kappa shape index (κ1) is 25.7. The quantitative estimate of drug-likeness (QED) is 0.311. The van der Waals surface area contributed by atoms with Crippen molar-refractivity contribution in [1.29, 1.82) is 0 Å². The van der Waals surface area contributed by atoms with Crippen molar-refractivity contribution in [1.82, 2.24) is 0 Å². The predicted molar refractivity (Wildman–Crippen MR) is 94.7 cm³/mol. The maximum atomic E-state index is 10.3. The van der Waals surface area contributed by atoms with Crippen molar-refractivity contribution in [3.8, 4) is 0 Å². The van der Waals surface area contributed by atoms with E-state index in [1.807, 2.05) is 20.8 Å². The summed E-state index contributed by atoms with van der Waals surface area (Å²) in [5.41, 5.74) is -0.750. The molecule has 0 spiro atoms. The van der Waals surface area contributed by atoms with Gasteiger partial charge in [0.2, 0.25) is 0 Å². The predicted octanol–water partition coefficient (Wildman–Crippen LogP) is 3.50. The second-order valence-corrected chi connectivity index (χ2v) is 12.0. The van der Waals surface area contributed by atoms with Crippen molar-refractivity contribution in [2.75, 3.05) is 19.8 Å². The molecule has 0 atom stereocenters. The Morgan fingerprint density at radius 2 is 1.12 bits per heavy atom. The normalized spacial score (nSPS) is 13.4. The summed E-state index contributed by atoms with van der Waals surface area (Å²) in [7, 11) is -3.68. The van der Waals surface area contributed by atoms with Crippen LogP contribution in [0.5, 0.6) is 0 Å². The third-order valence-electron chi connectivity index (χ3n) is 3.03. The Hall–Kier alpha value is 0.651. The summed E-state index contributed by atoms with van der Waals surface area (Å²) in [6, 6.07) is 0. The summed E-state index contributed by atoms with van der Waals surface area (Å²) >= 11 is -5.03. The standard InChI is InChI=1S/C12H27O4Si.C4H9O.2H2O.Ti/c1-4-7-10-14-17(13,15-11-8-5-2)16-12-9-6-3;1-4(2,3)5;;;/h4-12H2,1-3H3;1-3H3;2*1H2;/q2*-1;;;+4/p-2. The van der Waals surface area contributed by atoms with Crippen molar-refractivity contribution in [3.05, 3.63) is 0 Å². The summed E-state index contributed by atoms with van der Waals surface area (Å²) in [6.07, 6.45) is 5.25. The van der Waals surface area contributed by atoms with Crippen LogP contribution >= 0.6 is 0 Å². The van der Waals surface area contributed by atoms with Gasteiger partial charge in [-0.2, -0.15) is 0 Å². The van der Waals surface area contributed by atoms with Crippen molar-refractivity contribution >= 4 is 9.05 Å². The average Bonchev–Trinajstić information content (AvgIpc) is 2.45. The van der Waals surface area contributed by atoms with E-state index in [4.69, 9.17) is 19.6 Å². The zero-order valence-corrected chi connectivity index (χ0v) is 19.4. The van der Waals surface area contributed by atoms with Gasteiger partial charge in [0.05, 0.1) is 0 Å². The van der Waals surface area contributed by atoms with Gasteiger partial charge in [-0.05, 0) is 0 Å². The molecule has 0 bridgehead atoms. The molecule has 9 heteroatoms. The molecular formula is C16H38O7SiTi. The van der Waals surface area contributed by atoms with E-state index in [9.17, 15) is 7.38 Å². The Labute approximate surface area is 159 Å². The van der Waals surface area contributed by atoms with Crippen LogP contribution in [0.3, 0.4) is 0 Å². The molecule has 0 aromatic rings. The molecule has 0 aliphatic rings. The number of unbranched alkanes of at least 4 members (excludes halogenated alkanes) is 3. The number of hydrogen-bond acceptors (Lipinski definition) is 7. The molecule has 0 aromatic heterocycles. The first-order valence-corrected chi connectivity index (χ1v) is 13.7. The second kappa shape index (κ2) is 12.9. The van der Waals surface area contributed by atoms with E-state index >= 15 is 0 Å². The van der Waals surface area contributed by atoms with E-state index in [1.165, 1.54) is 0 Å². The van der Waals surface area contributed by atoms with Crippen molar-refractivity contribution < 1.29 is 45.1 Å². The minimum atomic E-state index is -5.03. The average molecular weight is 418 g/mol. The first-order chi connectivity index (χ1) is 11.6. The van der Waals surface area contributed by atoms with Gasteiger partial charge in [-0.25, -0.2) is 0 Å². The van der Waals surface area contributed by atoms with Gasteiger partial charge in [0, 0.05) is 0 Å². The second-order valence-electron chi connectivity index (χ2n) is 6.97. The monoisotopic (exact) mass is 418 g/mol. The molecule has 0 saturated heterocycles. The van der Waals surface area contributed by atoms with Crippen LogP contribution in [0.2, 0.25) is 0 Å². The number of rotatable bonds is 15. The fourth-order valence-corrected chi connectivity index (χ4v) is 7.59. The molecule has 0 rings (SSSR count). The van der Waals surface area contributed by atoms with E-state index in [0.29, 0.717) is 19.8 Å². The van der Waals surface area contributed by atoms with Gasteiger partial charge in [-0.1, -0.05) is 0 Å². The third kappa shape index (κ3) is 13.5. The molecule has 0 amide bonds. The summed E-state index contributed by atoms with van der Waals surface area (Å²) in [6.45, 7) is 12.5. The fourth-order valence-electron chi connectivity index (χ4n) is 1.82. The van der Waals surface area contributed by atoms with E-state index in [2.05, 4.69) is 0 Å². The van der Waals surface area contributed by atoms with Crippen LogP contribution in [0.25, 0.3) is 0 Å². The molecule has 0 aliphatic carbocycles. The summed E-state index contributed by atoms with van der Waals surface area (Å²) < 4.78 is 49.2. The van der Waals surface area contributed by atoms with Crippen molar-refractivity contribution in [3.63, 3.8) is 0 Å². The zero-order chi connectivity index (χ0) is 19.4. The maximum absolute atomic E-state index is 10.3. The van der Waals surface area contributed by atoms with Crippen LogP contribution < -0.4 is 0 Å². The molecule has 0 unspecified atom stereocenters. The molecule has 0 heterocycles. The Morgan fingerprint density at radius 1 is 0.760 bits per heavy atom. The molecule has 0 fully saturated rings. The molecule has 25 heavy (non-hydrogen) atoms. The summed E-state index contributed by atoms with van der Waals surface area (Å²) in [5.74, 6) is 0. The van der Waals surface area contributed by atoms with Gasteiger partial charge in [-0.3, -0.25) is 0 Å². The Kier molecular flexibility index (Phi) is 13.3. The van der Waals surface area contributed by atoms with Gasteiger partial charge in [-0.15, -0.1) is 0 Å². The molecule has 2 N–H and O–H groups in total. The van der Waals surface area contributed by atoms with E-state index in [-0.39, 0.29) is 0 Å². The summed E-state index contributed by atoms with van der Waals surface area (Å²) in [5, 5.41) is 0. The van der Waals surface area contributed by atoms with E-state index in [0.717, 1.165) is 38.5 Å². The SMILES string of the molecule is CCCCO[Si](OCCCC)(OCCCC)[O][Ti]([OH])([OH])[O]C(C)(C)C. The van der Waals surface area contributed by atoms with Crippen molar-refractivity contribution in [2.24, 2.45) is 0 Å². The Bertz CT molecular complexity index is 310. The van der Waals surface area contributed by atoms with Crippen LogP contribution in [0.15, 0.2) is 0 Å². The van der Waals surface area contributed by atoms with Crippen molar-refractivity contribution in [2.45, 2.75) is 85.7 Å². The molecule has 0 radical (unpaired) electrons. The van der Waals surface area contributed by atoms with E-state index in [1.54, 1.807) is 20.8 Å².